The Balaban J connectivity index is 1.75. The summed E-state index contributed by atoms with van der Waals surface area (Å²) in [6.45, 7) is 2.95. The average molecular weight is 360 g/mol. The molecule has 0 spiro atoms. The molecule has 0 N–H and O–H groups in total. The van der Waals surface area contributed by atoms with Crippen LogP contribution in [0.2, 0.25) is 0 Å². The molecule has 25 heavy (non-hydrogen) atoms. The van der Waals surface area contributed by atoms with Gasteiger partial charge in [0.15, 0.2) is 0 Å². The average Bonchev–Trinajstić information content (AvgIpc) is 3.10. The second-order valence-corrected chi connectivity index (χ2v) is 7.76. The largest absolute Gasteiger partial charge is 0.331 e. The highest BCUT2D eigenvalue weighted by Gasteiger charge is 2.32. The lowest BCUT2D eigenvalue weighted by Gasteiger charge is -2.36. The van der Waals surface area contributed by atoms with E-state index >= 15 is 0 Å². The van der Waals surface area contributed by atoms with Crippen molar-refractivity contribution in [2.45, 2.75) is 57.9 Å². The minimum Gasteiger partial charge on any atom is -0.331 e. The maximum absolute atomic E-state index is 13.3. The van der Waals surface area contributed by atoms with Crippen molar-refractivity contribution in [2.24, 2.45) is 0 Å². The lowest BCUT2D eigenvalue weighted by Crippen LogP contribution is -2.40. The topological polar surface area (TPSA) is 20.3 Å². The Morgan fingerprint density at radius 1 is 1.16 bits per heavy atom. The van der Waals surface area contributed by atoms with E-state index in [0.29, 0.717) is 6.42 Å². The zero-order valence-electron chi connectivity index (χ0n) is 14.8. The van der Waals surface area contributed by atoms with Gasteiger partial charge in [-0.05, 0) is 47.5 Å². The Kier molecular flexibility index (Phi) is 6.24. The van der Waals surface area contributed by atoms with Crippen LogP contribution in [0.3, 0.4) is 0 Å². The number of thiophene rings is 1. The number of amides is 1. The maximum atomic E-state index is 13.3. The van der Waals surface area contributed by atoms with Crippen molar-refractivity contribution in [3.8, 4) is 0 Å². The van der Waals surface area contributed by atoms with Crippen molar-refractivity contribution in [1.82, 2.24) is 4.90 Å². The zero-order chi connectivity index (χ0) is 17.6. The minimum atomic E-state index is -0.237. The summed E-state index contributed by atoms with van der Waals surface area (Å²) >= 11 is 1.76. The van der Waals surface area contributed by atoms with Gasteiger partial charge < -0.3 is 4.90 Å². The molecule has 1 aliphatic rings. The first-order valence-electron chi connectivity index (χ1n) is 9.32. The molecule has 1 atom stereocenters. The molecule has 2 aromatic rings. The van der Waals surface area contributed by atoms with Gasteiger partial charge in [0.05, 0.1) is 6.04 Å². The second-order valence-electron chi connectivity index (χ2n) is 6.75. The quantitative estimate of drug-likeness (QED) is 0.579. The molecular weight excluding hydrogens is 333 g/mol. The number of halogens is 1. The molecule has 1 aromatic carbocycles. The first-order valence-corrected chi connectivity index (χ1v) is 10.2. The number of rotatable bonds is 7. The highest BCUT2D eigenvalue weighted by Crippen LogP contribution is 2.38. The number of fused-ring (bicyclic) bond motifs is 1. The number of nitrogens with zero attached hydrogens (tertiary/aromatic N) is 1. The van der Waals surface area contributed by atoms with Crippen LogP contribution in [-0.2, 0) is 11.2 Å². The number of carbonyl (C=O) groups excluding carboxylic acids is 1. The Morgan fingerprint density at radius 3 is 2.68 bits per heavy atom. The Hall–Kier alpha value is -1.68. The molecular formula is C21H26FNOS. The monoisotopic (exact) mass is 359 g/mol. The first-order chi connectivity index (χ1) is 12.2. The molecule has 2 nitrogen and oxygen atoms in total. The van der Waals surface area contributed by atoms with Gasteiger partial charge in [0.25, 0.3) is 0 Å². The molecule has 2 heterocycles. The summed E-state index contributed by atoms with van der Waals surface area (Å²) in [4.78, 5) is 16.2. The fourth-order valence-corrected chi connectivity index (χ4v) is 4.52. The van der Waals surface area contributed by atoms with Crippen molar-refractivity contribution < 1.29 is 9.18 Å². The summed E-state index contributed by atoms with van der Waals surface area (Å²) in [6.07, 6.45) is 7.29. The highest BCUT2D eigenvalue weighted by molar-refractivity contribution is 7.10. The van der Waals surface area contributed by atoms with E-state index in [1.54, 1.807) is 11.3 Å². The van der Waals surface area contributed by atoms with Crippen molar-refractivity contribution >= 4 is 17.2 Å². The number of hydrogen-bond donors (Lipinski definition) is 0. The summed E-state index contributed by atoms with van der Waals surface area (Å²) in [5.74, 6) is -0.0124. The summed E-state index contributed by atoms with van der Waals surface area (Å²) < 4.78 is 13.3. The van der Waals surface area contributed by atoms with E-state index in [9.17, 15) is 9.18 Å². The maximum Gasteiger partial charge on any atom is 0.223 e. The molecule has 0 saturated carbocycles. The van der Waals surface area contributed by atoms with Gasteiger partial charge in [-0.2, -0.15) is 0 Å². The summed E-state index contributed by atoms with van der Waals surface area (Å²) in [6, 6.07) is 8.66. The zero-order valence-corrected chi connectivity index (χ0v) is 15.7. The molecule has 0 aliphatic carbocycles. The molecule has 0 radical (unpaired) electrons. The third-order valence-corrected chi connectivity index (χ3v) is 5.96. The molecule has 4 heteroatoms. The summed E-state index contributed by atoms with van der Waals surface area (Å²) in [7, 11) is 0. The van der Waals surface area contributed by atoms with Crippen molar-refractivity contribution in [2.75, 3.05) is 6.54 Å². The van der Waals surface area contributed by atoms with Gasteiger partial charge in [-0.25, -0.2) is 4.39 Å². The smallest absolute Gasteiger partial charge is 0.223 e. The predicted octanol–water partition coefficient (Wildman–Crippen LogP) is 5.72. The third kappa shape index (κ3) is 4.30. The van der Waals surface area contributed by atoms with E-state index in [4.69, 9.17) is 0 Å². The molecule has 134 valence electrons. The van der Waals surface area contributed by atoms with Crippen LogP contribution in [0, 0.1) is 5.82 Å². The second kappa shape index (κ2) is 8.61. The lowest BCUT2D eigenvalue weighted by molar-refractivity contribution is -0.133. The van der Waals surface area contributed by atoms with Gasteiger partial charge in [0.1, 0.15) is 5.82 Å². The number of unbranched alkanes of at least 4 members (excludes halogenated alkanes) is 4. The van der Waals surface area contributed by atoms with Gasteiger partial charge in [0.2, 0.25) is 5.91 Å². The van der Waals surface area contributed by atoms with Gasteiger partial charge >= 0.3 is 0 Å². The minimum absolute atomic E-state index is 0.0706. The van der Waals surface area contributed by atoms with Gasteiger partial charge in [0, 0.05) is 17.8 Å². The van der Waals surface area contributed by atoms with E-state index < -0.39 is 0 Å². The molecule has 1 aromatic heterocycles. The molecule has 0 fully saturated rings. The fourth-order valence-electron chi connectivity index (χ4n) is 3.61. The van der Waals surface area contributed by atoms with Crippen molar-refractivity contribution in [1.29, 1.82) is 0 Å². The van der Waals surface area contributed by atoms with Gasteiger partial charge in [-0.1, -0.05) is 44.7 Å². The Labute approximate surface area is 153 Å². The molecule has 0 bridgehead atoms. The van der Waals surface area contributed by atoms with Crippen LogP contribution >= 0.6 is 11.3 Å². The molecule has 1 amide bonds. The SMILES string of the molecule is CCCCCCCC(=O)N1CCc2sccc2C1c1ccc(F)cc1. The Bertz CT molecular complexity index is 694. The van der Waals surface area contributed by atoms with Crippen molar-refractivity contribution in [3.63, 3.8) is 0 Å². The van der Waals surface area contributed by atoms with E-state index in [1.165, 1.54) is 41.8 Å². The van der Waals surface area contributed by atoms with Crippen LogP contribution in [0.25, 0.3) is 0 Å². The number of hydrogen-bond acceptors (Lipinski definition) is 2. The molecule has 3 rings (SSSR count). The molecule has 1 unspecified atom stereocenters. The molecule has 0 saturated heterocycles. The predicted molar refractivity (Wildman–Crippen MR) is 101 cm³/mol. The van der Waals surface area contributed by atoms with E-state index in [-0.39, 0.29) is 17.8 Å². The van der Waals surface area contributed by atoms with Crippen LogP contribution in [0.15, 0.2) is 35.7 Å². The van der Waals surface area contributed by atoms with Crippen LogP contribution in [0.4, 0.5) is 4.39 Å². The van der Waals surface area contributed by atoms with Crippen LogP contribution < -0.4 is 0 Å². The van der Waals surface area contributed by atoms with Crippen LogP contribution in [-0.4, -0.2) is 17.4 Å². The van der Waals surface area contributed by atoms with Crippen molar-refractivity contribution in [3.05, 3.63) is 57.5 Å². The summed E-state index contributed by atoms with van der Waals surface area (Å²) in [5, 5.41) is 2.10. The fraction of sp³-hybridized carbons (Fsp3) is 0.476. The highest BCUT2D eigenvalue weighted by atomic mass is 32.1. The Morgan fingerprint density at radius 2 is 1.92 bits per heavy atom. The third-order valence-electron chi connectivity index (χ3n) is 4.97. The molecule has 1 aliphatic heterocycles. The van der Waals surface area contributed by atoms with Gasteiger partial charge in [-0.15, -0.1) is 11.3 Å². The summed E-state index contributed by atoms with van der Waals surface area (Å²) in [5.41, 5.74) is 2.21. The lowest BCUT2D eigenvalue weighted by atomic mass is 9.92. The van der Waals surface area contributed by atoms with Crippen LogP contribution in [0.1, 0.15) is 67.5 Å². The van der Waals surface area contributed by atoms with Crippen LogP contribution in [0.5, 0.6) is 0 Å². The van der Waals surface area contributed by atoms with E-state index in [0.717, 1.165) is 31.4 Å². The van der Waals surface area contributed by atoms with E-state index in [1.807, 2.05) is 17.0 Å². The first kappa shape index (κ1) is 18.1. The normalized spacial score (nSPS) is 16.7. The number of carbonyl (C=O) groups is 1. The standard InChI is InChI=1S/C21H26FNOS/c1-2-3-4-5-6-7-20(24)23-14-12-19-18(13-15-25-19)21(23)16-8-10-17(22)11-9-16/h8-11,13,15,21H,2-7,12,14H2,1H3. The van der Waals surface area contributed by atoms with Gasteiger partial charge in [-0.3, -0.25) is 4.79 Å². The number of benzene rings is 1. The van der Waals surface area contributed by atoms with E-state index in [2.05, 4.69) is 18.4 Å².